The first-order chi connectivity index (χ1) is 5.81. The third kappa shape index (κ3) is 7.86. The smallest absolute Gasteiger partial charge is 0.0635 e. The van der Waals surface area contributed by atoms with E-state index in [1.165, 1.54) is 0 Å². The van der Waals surface area contributed by atoms with Crippen molar-refractivity contribution in [3.8, 4) is 6.07 Å². The highest BCUT2D eigenvalue weighted by Crippen LogP contribution is 1.86. The van der Waals surface area contributed by atoms with Gasteiger partial charge in [-0.2, -0.15) is 17.9 Å². The van der Waals surface area contributed by atoms with Gasteiger partial charge in [-0.15, -0.1) is 0 Å². The molecule has 0 N–H and O–H groups in total. The Labute approximate surface area is 79.7 Å². The fraction of sp³-hybridized carbons (Fsp3) is 0.875. The van der Waals surface area contributed by atoms with Crippen molar-refractivity contribution in [2.75, 3.05) is 39.1 Å². The molecule has 0 saturated heterocycles. The zero-order valence-corrected chi connectivity index (χ0v) is 8.39. The molecule has 0 aliphatic rings. The summed E-state index contributed by atoms with van der Waals surface area (Å²) in [5, 5.41) is 8.31. The van der Waals surface area contributed by atoms with Crippen molar-refractivity contribution in [3.05, 3.63) is 0 Å². The largest absolute Gasteiger partial charge is 0.379 e. The highest BCUT2D eigenvalue weighted by molar-refractivity contribution is 7.80. The second kappa shape index (κ2) is 8.85. The van der Waals surface area contributed by atoms with E-state index in [2.05, 4.69) is 23.6 Å². The maximum atomic E-state index is 8.31. The molecule has 0 unspecified atom stereocenters. The van der Waals surface area contributed by atoms with Gasteiger partial charge < -0.3 is 9.64 Å². The SMILES string of the molecule is CN(CCC#N)CCOCCS. The molecule has 0 aromatic carbocycles. The molecule has 0 bridgehead atoms. The zero-order chi connectivity index (χ0) is 9.23. The van der Waals surface area contributed by atoms with Crippen LogP contribution in [0.1, 0.15) is 6.42 Å². The standard InChI is InChI=1S/C8H16N2OS/c1-10(4-2-3-9)5-6-11-7-8-12/h12H,2,4-8H2,1H3. The monoisotopic (exact) mass is 188 g/mol. The van der Waals surface area contributed by atoms with Crippen LogP contribution in [-0.4, -0.2) is 44.0 Å². The first-order valence-corrected chi connectivity index (χ1v) is 4.68. The lowest BCUT2D eigenvalue weighted by atomic mass is 10.4. The number of likely N-dealkylation sites (N-methyl/N-ethyl adjacent to an activating group) is 1. The van der Waals surface area contributed by atoms with Gasteiger partial charge in [0.25, 0.3) is 0 Å². The van der Waals surface area contributed by atoms with E-state index in [0.29, 0.717) is 13.0 Å². The fourth-order valence-electron chi connectivity index (χ4n) is 0.740. The van der Waals surface area contributed by atoms with Gasteiger partial charge in [-0.1, -0.05) is 0 Å². The third-order valence-electron chi connectivity index (χ3n) is 1.46. The molecule has 0 aliphatic heterocycles. The quantitative estimate of drug-likeness (QED) is 0.474. The average Bonchev–Trinajstić information content (AvgIpc) is 2.09. The Morgan fingerprint density at radius 3 is 2.75 bits per heavy atom. The van der Waals surface area contributed by atoms with Crippen molar-refractivity contribution >= 4 is 12.6 Å². The summed E-state index contributed by atoms with van der Waals surface area (Å²) in [6.07, 6.45) is 0.586. The third-order valence-corrected chi connectivity index (χ3v) is 1.64. The molecule has 12 heavy (non-hydrogen) atoms. The minimum atomic E-state index is 0.586. The molecular weight excluding hydrogens is 172 g/mol. The number of hydrogen-bond donors (Lipinski definition) is 1. The molecule has 0 aromatic heterocycles. The first-order valence-electron chi connectivity index (χ1n) is 4.05. The first kappa shape index (κ1) is 11.8. The summed E-state index contributed by atoms with van der Waals surface area (Å²) in [5.41, 5.74) is 0. The predicted octanol–water partition coefficient (Wildman–Crippen LogP) is 0.778. The van der Waals surface area contributed by atoms with Crippen LogP contribution in [-0.2, 0) is 4.74 Å². The molecule has 0 atom stereocenters. The maximum absolute atomic E-state index is 8.31. The van der Waals surface area contributed by atoms with E-state index in [9.17, 15) is 0 Å². The topological polar surface area (TPSA) is 36.3 Å². The van der Waals surface area contributed by atoms with Crippen LogP contribution < -0.4 is 0 Å². The van der Waals surface area contributed by atoms with Crippen molar-refractivity contribution in [3.63, 3.8) is 0 Å². The van der Waals surface area contributed by atoms with Crippen molar-refractivity contribution in [2.45, 2.75) is 6.42 Å². The van der Waals surface area contributed by atoms with Crippen molar-refractivity contribution in [1.29, 1.82) is 5.26 Å². The summed E-state index contributed by atoms with van der Waals surface area (Å²) in [5.74, 6) is 0.766. The molecular formula is C8H16N2OS. The van der Waals surface area contributed by atoms with Crippen LogP contribution in [0.5, 0.6) is 0 Å². The summed E-state index contributed by atoms with van der Waals surface area (Å²) < 4.78 is 5.23. The van der Waals surface area contributed by atoms with Gasteiger partial charge in [0.05, 0.1) is 19.3 Å². The highest BCUT2D eigenvalue weighted by atomic mass is 32.1. The summed E-state index contributed by atoms with van der Waals surface area (Å²) in [6, 6.07) is 2.11. The lowest BCUT2D eigenvalue weighted by Crippen LogP contribution is -2.24. The van der Waals surface area contributed by atoms with Gasteiger partial charge in [0.1, 0.15) is 0 Å². The number of ether oxygens (including phenoxy) is 1. The molecule has 0 aliphatic carbocycles. The molecule has 3 nitrogen and oxygen atoms in total. The second-order valence-electron chi connectivity index (χ2n) is 2.55. The number of hydrogen-bond acceptors (Lipinski definition) is 4. The van der Waals surface area contributed by atoms with Crippen molar-refractivity contribution in [1.82, 2.24) is 4.90 Å². The Morgan fingerprint density at radius 2 is 2.17 bits per heavy atom. The van der Waals surface area contributed by atoms with E-state index < -0.39 is 0 Å². The number of thiol groups is 1. The average molecular weight is 188 g/mol. The maximum Gasteiger partial charge on any atom is 0.0635 e. The van der Waals surface area contributed by atoms with Crippen LogP contribution in [0.3, 0.4) is 0 Å². The molecule has 0 spiro atoms. The number of nitrogens with zero attached hydrogens (tertiary/aromatic N) is 2. The summed E-state index contributed by atoms with van der Waals surface area (Å²) >= 11 is 4.02. The normalized spacial score (nSPS) is 10.2. The number of rotatable bonds is 7. The van der Waals surface area contributed by atoms with Gasteiger partial charge in [-0.3, -0.25) is 0 Å². The Bertz CT molecular complexity index is 136. The van der Waals surface area contributed by atoms with E-state index in [1.54, 1.807) is 0 Å². The van der Waals surface area contributed by atoms with Gasteiger partial charge in [0.15, 0.2) is 0 Å². The van der Waals surface area contributed by atoms with Crippen molar-refractivity contribution < 1.29 is 4.74 Å². The van der Waals surface area contributed by atoms with Crippen LogP contribution >= 0.6 is 12.6 Å². The molecule has 0 aromatic rings. The Kier molecular flexibility index (Phi) is 8.68. The molecule has 0 saturated carbocycles. The molecule has 0 fully saturated rings. The summed E-state index contributed by atoms with van der Waals surface area (Å²) in [7, 11) is 1.99. The van der Waals surface area contributed by atoms with E-state index in [4.69, 9.17) is 10.00 Å². The lowest BCUT2D eigenvalue weighted by Gasteiger charge is -2.13. The van der Waals surface area contributed by atoms with Crippen LogP contribution in [0.4, 0.5) is 0 Å². The van der Waals surface area contributed by atoms with E-state index >= 15 is 0 Å². The van der Waals surface area contributed by atoms with Crippen LogP contribution in [0.25, 0.3) is 0 Å². The Hall–Kier alpha value is -0.240. The highest BCUT2D eigenvalue weighted by Gasteiger charge is 1.96. The summed E-state index contributed by atoms with van der Waals surface area (Å²) in [4.78, 5) is 2.09. The van der Waals surface area contributed by atoms with E-state index in [-0.39, 0.29) is 0 Å². The zero-order valence-electron chi connectivity index (χ0n) is 7.49. The van der Waals surface area contributed by atoms with E-state index in [1.807, 2.05) is 7.05 Å². The van der Waals surface area contributed by atoms with Gasteiger partial charge in [0, 0.05) is 25.3 Å². The Morgan fingerprint density at radius 1 is 1.42 bits per heavy atom. The fourth-order valence-corrected chi connectivity index (χ4v) is 0.869. The number of nitriles is 1. The van der Waals surface area contributed by atoms with Crippen LogP contribution in [0.2, 0.25) is 0 Å². The predicted molar refractivity (Wildman–Crippen MR) is 52.4 cm³/mol. The van der Waals surface area contributed by atoms with E-state index in [0.717, 1.165) is 25.4 Å². The molecule has 0 heterocycles. The molecule has 70 valence electrons. The summed E-state index contributed by atoms with van der Waals surface area (Å²) in [6.45, 7) is 3.13. The van der Waals surface area contributed by atoms with Gasteiger partial charge in [-0.25, -0.2) is 0 Å². The van der Waals surface area contributed by atoms with Gasteiger partial charge in [-0.05, 0) is 7.05 Å². The van der Waals surface area contributed by atoms with Crippen LogP contribution in [0.15, 0.2) is 0 Å². The molecule has 0 rings (SSSR count). The second-order valence-corrected chi connectivity index (χ2v) is 2.99. The lowest BCUT2D eigenvalue weighted by molar-refractivity contribution is 0.125. The minimum Gasteiger partial charge on any atom is -0.379 e. The van der Waals surface area contributed by atoms with Gasteiger partial charge in [0.2, 0.25) is 0 Å². The molecule has 4 heteroatoms. The minimum absolute atomic E-state index is 0.586. The van der Waals surface area contributed by atoms with Crippen LogP contribution in [0, 0.1) is 11.3 Å². The Balaban J connectivity index is 3.09. The molecule has 0 amide bonds. The van der Waals surface area contributed by atoms with Gasteiger partial charge >= 0.3 is 0 Å². The molecule has 0 radical (unpaired) electrons. The van der Waals surface area contributed by atoms with Crippen molar-refractivity contribution in [2.24, 2.45) is 0 Å².